The van der Waals surface area contributed by atoms with Crippen molar-refractivity contribution in [2.75, 3.05) is 19.5 Å². The molecule has 6 heteroatoms. The van der Waals surface area contributed by atoms with Crippen LogP contribution in [0.3, 0.4) is 0 Å². The van der Waals surface area contributed by atoms with Crippen molar-refractivity contribution in [1.29, 1.82) is 0 Å². The maximum atomic E-state index is 12.5. The molecule has 1 aromatic heterocycles. The number of anilines is 1. The van der Waals surface area contributed by atoms with E-state index in [1.165, 1.54) is 23.3 Å². The van der Waals surface area contributed by atoms with Crippen molar-refractivity contribution < 1.29 is 19.1 Å². The summed E-state index contributed by atoms with van der Waals surface area (Å²) in [5.74, 6) is 0.0502. The van der Waals surface area contributed by atoms with Crippen LogP contribution in [0, 0.1) is 0 Å². The molecule has 1 aliphatic rings. The van der Waals surface area contributed by atoms with Gasteiger partial charge in [-0.05, 0) is 55.5 Å². The molecule has 0 saturated carbocycles. The largest absolute Gasteiger partial charge is 0.497 e. The second kappa shape index (κ2) is 7.05. The fourth-order valence-corrected chi connectivity index (χ4v) is 4.16. The van der Waals surface area contributed by atoms with E-state index in [0.717, 1.165) is 31.2 Å². The fourth-order valence-electron chi connectivity index (χ4n) is 2.89. The van der Waals surface area contributed by atoms with E-state index < -0.39 is 0 Å². The molecule has 1 N–H and O–H groups in total. The molecule has 1 aromatic carbocycles. The number of benzene rings is 1. The molecule has 1 aliphatic carbocycles. The monoisotopic (exact) mass is 345 g/mol. The molecule has 0 saturated heterocycles. The van der Waals surface area contributed by atoms with E-state index >= 15 is 0 Å². The highest BCUT2D eigenvalue weighted by Gasteiger charge is 2.27. The number of hydrogen-bond donors (Lipinski definition) is 1. The Labute approximate surface area is 144 Å². The van der Waals surface area contributed by atoms with E-state index in [0.29, 0.717) is 21.9 Å². The number of amides is 1. The third-order valence-corrected chi connectivity index (χ3v) is 5.35. The van der Waals surface area contributed by atoms with Crippen molar-refractivity contribution in [2.45, 2.75) is 25.7 Å². The van der Waals surface area contributed by atoms with Crippen LogP contribution in [0.2, 0.25) is 0 Å². The summed E-state index contributed by atoms with van der Waals surface area (Å²) in [6.07, 6.45) is 3.97. The third kappa shape index (κ3) is 3.14. The van der Waals surface area contributed by atoms with Gasteiger partial charge in [0.05, 0.1) is 19.8 Å². The molecule has 0 unspecified atom stereocenters. The Hall–Kier alpha value is -2.34. The highest BCUT2D eigenvalue weighted by molar-refractivity contribution is 7.17. The number of carbonyl (C=O) groups excluding carboxylic acids is 2. The molecule has 0 radical (unpaired) electrons. The molecule has 2 aromatic rings. The molecular weight excluding hydrogens is 326 g/mol. The number of methoxy groups -OCH3 is 2. The SMILES string of the molecule is COC(=O)c1c(NC(=O)c2ccc(OC)cc2)sc2c1CCCC2. The number of hydrogen-bond acceptors (Lipinski definition) is 5. The molecule has 5 nitrogen and oxygen atoms in total. The van der Waals surface area contributed by atoms with Gasteiger partial charge in [-0.3, -0.25) is 4.79 Å². The van der Waals surface area contributed by atoms with Crippen molar-refractivity contribution in [3.8, 4) is 5.75 Å². The smallest absolute Gasteiger partial charge is 0.341 e. The summed E-state index contributed by atoms with van der Waals surface area (Å²) in [4.78, 5) is 25.9. The molecule has 24 heavy (non-hydrogen) atoms. The van der Waals surface area contributed by atoms with Gasteiger partial charge in [0, 0.05) is 10.4 Å². The van der Waals surface area contributed by atoms with Gasteiger partial charge in [-0.15, -0.1) is 11.3 Å². The van der Waals surface area contributed by atoms with Gasteiger partial charge in [-0.25, -0.2) is 4.79 Å². The van der Waals surface area contributed by atoms with E-state index in [-0.39, 0.29) is 11.9 Å². The quantitative estimate of drug-likeness (QED) is 0.859. The summed E-state index contributed by atoms with van der Waals surface area (Å²) in [6.45, 7) is 0. The molecule has 1 heterocycles. The maximum absolute atomic E-state index is 12.5. The molecule has 0 spiro atoms. The standard InChI is InChI=1S/C18H19NO4S/c1-22-12-9-7-11(8-10-12)16(20)19-17-15(18(21)23-2)13-5-3-4-6-14(13)24-17/h7-10H,3-6H2,1-2H3,(H,19,20). The lowest BCUT2D eigenvalue weighted by Crippen LogP contribution is -2.15. The van der Waals surface area contributed by atoms with Crippen LogP contribution in [0.4, 0.5) is 5.00 Å². The number of fused-ring (bicyclic) bond motifs is 1. The van der Waals surface area contributed by atoms with Gasteiger partial charge < -0.3 is 14.8 Å². The van der Waals surface area contributed by atoms with Crippen molar-refractivity contribution in [1.82, 2.24) is 0 Å². The molecule has 0 aliphatic heterocycles. The summed E-state index contributed by atoms with van der Waals surface area (Å²) in [6, 6.07) is 6.85. The van der Waals surface area contributed by atoms with Gasteiger partial charge in [0.15, 0.2) is 0 Å². The third-order valence-electron chi connectivity index (χ3n) is 4.14. The van der Waals surface area contributed by atoms with Crippen LogP contribution in [0.15, 0.2) is 24.3 Å². The summed E-state index contributed by atoms with van der Waals surface area (Å²) in [5.41, 5.74) is 2.06. The molecule has 1 amide bonds. The van der Waals surface area contributed by atoms with Gasteiger partial charge in [0.2, 0.25) is 0 Å². The number of nitrogens with one attached hydrogen (secondary N) is 1. The van der Waals surface area contributed by atoms with Crippen molar-refractivity contribution in [3.05, 3.63) is 45.8 Å². The van der Waals surface area contributed by atoms with Gasteiger partial charge in [0.25, 0.3) is 5.91 Å². The van der Waals surface area contributed by atoms with Gasteiger partial charge >= 0.3 is 5.97 Å². The Morgan fingerprint density at radius 1 is 1.08 bits per heavy atom. The van der Waals surface area contributed by atoms with Crippen molar-refractivity contribution in [2.24, 2.45) is 0 Å². The second-order valence-corrected chi connectivity index (χ2v) is 6.69. The number of thiophene rings is 1. The number of aryl methyl sites for hydroxylation is 1. The highest BCUT2D eigenvalue weighted by Crippen LogP contribution is 2.38. The number of rotatable bonds is 4. The van der Waals surface area contributed by atoms with Crippen molar-refractivity contribution >= 4 is 28.2 Å². The van der Waals surface area contributed by atoms with Crippen LogP contribution in [-0.2, 0) is 17.6 Å². The average Bonchev–Trinajstić information content (AvgIpc) is 2.98. The summed E-state index contributed by atoms with van der Waals surface area (Å²) in [5, 5.41) is 3.45. The minimum atomic E-state index is -0.389. The average molecular weight is 345 g/mol. The predicted molar refractivity (Wildman–Crippen MR) is 93.2 cm³/mol. The molecular formula is C18H19NO4S. The first-order valence-electron chi connectivity index (χ1n) is 7.82. The lowest BCUT2D eigenvalue weighted by Gasteiger charge is -2.11. The van der Waals surface area contributed by atoms with Crippen LogP contribution in [0.1, 0.15) is 44.0 Å². The van der Waals surface area contributed by atoms with Gasteiger partial charge in [0.1, 0.15) is 10.8 Å². The van der Waals surface area contributed by atoms with Crippen LogP contribution in [0.5, 0.6) is 5.75 Å². The van der Waals surface area contributed by atoms with E-state index in [4.69, 9.17) is 9.47 Å². The highest BCUT2D eigenvalue weighted by atomic mass is 32.1. The first-order chi connectivity index (χ1) is 11.6. The van der Waals surface area contributed by atoms with E-state index in [1.54, 1.807) is 31.4 Å². The summed E-state index contributed by atoms with van der Waals surface area (Å²) < 4.78 is 10.0. The molecule has 3 rings (SSSR count). The Bertz CT molecular complexity index is 764. The van der Waals surface area contributed by atoms with Gasteiger partial charge in [-0.2, -0.15) is 0 Å². The van der Waals surface area contributed by atoms with Gasteiger partial charge in [-0.1, -0.05) is 0 Å². The predicted octanol–water partition coefficient (Wildman–Crippen LogP) is 3.67. The van der Waals surface area contributed by atoms with Crippen LogP contribution < -0.4 is 10.1 Å². The first kappa shape index (κ1) is 16.5. The number of esters is 1. The van der Waals surface area contributed by atoms with E-state index in [2.05, 4.69) is 5.32 Å². The Morgan fingerprint density at radius 3 is 2.46 bits per heavy atom. The fraction of sp³-hybridized carbons (Fsp3) is 0.333. The van der Waals surface area contributed by atoms with Crippen LogP contribution in [-0.4, -0.2) is 26.1 Å². The molecule has 126 valence electrons. The Balaban J connectivity index is 1.89. The van der Waals surface area contributed by atoms with Crippen LogP contribution in [0.25, 0.3) is 0 Å². The van der Waals surface area contributed by atoms with Crippen LogP contribution >= 0.6 is 11.3 Å². The molecule has 0 fully saturated rings. The zero-order valence-corrected chi connectivity index (χ0v) is 14.5. The Kier molecular flexibility index (Phi) is 4.85. The minimum Gasteiger partial charge on any atom is -0.497 e. The second-order valence-electron chi connectivity index (χ2n) is 5.59. The van der Waals surface area contributed by atoms with E-state index in [9.17, 15) is 9.59 Å². The molecule has 0 atom stereocenters. The number of carbonyl (C=O) groups is 2. The summed E-state index contributed by atoms with van der Waals surface area (Å²) >= 11 is 1.48. The summed E-state index contributed by atoms with van der Waals surface area (Å²) in [7, 11) is 2.94. The lowest BCUT2D eigenvalue weighted by atomic mass is 9.95. The normalized spacial score (nSPS) is 13.1. The zero-order chi connectivity index (χ0) is 17.1. The number of ether oxygens (including phenoxy) is 2. The van der Waals surface area contributed by atoms with E-state index in [1.807, 2.05) is 0 Å². The van der Waals surface area contributed by atoms with Crippen molar-refractivity contribution in [3.63, 3.8) is 0 Å². The minimum absolute atomic E-state index is 0.249. The lowest BCUT2D eigenvalue weighted by molar-refractivity contribution is 0.0601. The first-order valence-corrected chi connectivity index (χ1v) is 8.64. The molecule has 0 bridgehead atoms. The maximum Gasteiger partial charge on any atom is 0.341 e. The zero-order valence-electron chi connectivity index (χ0n) is 13.7. The topological polar surface area (TPSA) is 64.6 Å². The Morgan fingerprint density at radius 2 is 1.79 bits per heavy atom.